The molecular formula is C28H31ClN2O7. The van der Waals surface area contributed by atoms with Crippen LogP contribution in [0.1, 0.15) is 54.3 Å². The molecule has 2 N–H and O–H groups in total. The second-order valence-electron chi connectivity index (χ2n) is 10.1. The van der Waals surface area contributed by atoms with Gasteiger partial charge in [0.2, 0.25) is 0 Å². The van der Waals surface area contributed by atoms with Gasteiger partial charge in [0.15, 0.2) is 0 Å². The maximum Gasteiger partial charge on any atom is 0.311 e. The zero-order valence-corrected chi connectivity index (χ0v) is 22.3. The Kier molecular flexibility index (Phi) is 7.54. The average molecular weight is 543 g/mol. The van der Waals surface area contributed by atoms with Crippen molar-refractivity contribution in [2.45, 2.75) is 45.7 Å². The normalized spacial score (nSPS) is 26.9. The van der Waals surface area contributed by atoms with Crippen LogP contribution in [0, 0.1) is 10.8 Å². The smallest absolute Gasteiger partial charge is 0.311 e. The van der Waals surface area contributed by atoms with Crippen molar-refractivity contribution in [1.82, 2.24) is 4.90 Å². The molecule has 4 unspecified atom stereocenters. The summed E-state index contributed by atoms with van der Waals surface area (Å²) in [5.74, 6) is -3.01. The van der Waals surface area contributed by atoms with Gasteiger partial charge in [0.25, 0.3) is 11.8 Å². The third kappa shape index (κ3) is 4.33. The van der Waals surface area contributed by atoms with Crippen LogP contribution in [0.2, 0.25) is 5.02 Å². The Bertz CT molecular complexity index is 1250. The predicted octanol–water partition coefficient (Wildman–Crippen LogP) is 4.19. The number of carboxylic acid groups (broad SMARTS) is 2. The van der Waals surface area contributed by atoms with Crippen LogP contribution in [0.25, 0.3) is 0 Å². The van der Waals surface area contributed by atoms with Crippen LogP contribution in [-0.4, -0.2) is 70.7 Å². The number of nitrogens with zero attached hydrogens (tertiary/aromatic N) is 2. The third-order valence-corrected chi connectivity index (χ3v) is 8.60. The highest BCUT2D eigenvalue weighted by atomic mass is 35.5. The first-order valence-corrected chi connectivity index (χ1v) is 12.9. The number of rotatable bonds is 9. The Morgan fingerprint density at radius 1 is 1.03 bits per heavy atom. The lowest BCUT2D eigenvalue weighted by Crippen LogP contribution is -2.68. The lowest BCUT2D eigenvalue weighted by atomic mass is 9.59. The van der Waals surface area contributed by atoms with Gasteiger partial charge in [0.1, 0.15) is 0 Å². The highest BCUT2D eigenvalue weighted by Gasteiger charge is 2.61. The summed E-state index contributed by atoms with van der Waals surface area (Å²) in [6, 6.07) is 12.1. The highest BCUT2D eigenvalue weighted by molar-refractivity contribution is 6.33. The van der Waals surface area contributed by atoms with Crippen LogP contribution in [0.5, 0.6) is 0 Å². The molecule has 0 aliphatic carbocycles. The number of carboxylic acids is 2. The molecule has 9 nitrogen and oxygen atoms in total. The van der Waals surface area contributed by atoms with Crippen LogP contribution in [-0.2, 0) is 14.3 Å². The number of hydrogen-bond donors (Lipinski definition) is 2. The standard InChI is InChI=1S/C28H31ClN2O7/c1-4-28(26(36)37)16-27(3,25(34)35)17(2)31(21-12-8-7-11-20(21)29)22(28)15-38-14-13-30-23(32)18-9-5-6-10-19(18)24(30)33/h5-12,17,22H,4,13-16H2,1-3H3,(H,34,35)(H,36,37). The fourth-order valence-corrected chi connectivity index (χ4v) is 6.05. The number of halogens is 1. The molecule has 4 atom stereocenters. The van der Waals surface area contributed by atoms with Crippen molar-refractivity contribution < 1.29 is 34.1 Å². The molecule has 0 radical (unpaired) electrons. The molecule has 0 aromatic heterocycles. The minimum atomic E-state index is -1.46. The van der Waals surface area contributed by atoms with Gasteiger partial charge >= 0.3 is 11.9 Å². The van der Waals surface area contributed by atoms with Crippen molar-refractivity contribution in [2.24, 2.45) is 10.8 Å². The summed E-state index contributed by atoms with van der Waals surface area (Å²) < 4.78 is 5.96. The molecule has 38 heavy (non-hydrogen) atoms. The Hall–Kier alpha value is -3.43. The number of hydrogen-bond acceptors (Lipinski definition) is 6. The van der Waals surface area contributed by atoms with E-state index in [1.54, 1.807) is 74.2 Å². The zero-order valence-electron chi connectivity index (χ0n) is 21.5. The fraction of sp³-hybridized carbons (Fsp3) is 0.429. The highest BCUT2D eigenvalue weighted by Crippen LogP contribution is 2.52. The van der Waals surface area contributed by atoms with E-state index in [0.29, 0.717) is 21.8 Å². The zero-order chi connectivity index (χ0) is 27.8. The molecule has 2 aromatic rings. The number of carbonyl (C=O) groups is 4. The average Bonchev–Trinajstić information content (AvgIpc) is 3.13. The second-order valence-corrected chi connectivity index (χ2v) is 10.6. The lowest BCUT2D eigenvalue weighted by Gasteiger charge is -2.57. The summed E-state index contributed by atoms with van der Waals surface area (Å²) in [6.45, 7) is 4.96. The van der Waals surface area contributed by atoms with Gasteiger partial charge in [-0.1, -0.05) is 42.8 Å². The molecule has 2 aromatic carbocycles. The van der Waals surface area contributed by atoms with E-state index < -0.39 is 46.7 Å². The van der Waals surface area contributed by atoms with E-state index >= 15 is 0 Å². The number of ether oxygens (including phenoxy) is 1. The van der Waals surface area contributed by atoms with Gasteiger partial charge in [0, 0.05) is 6.04 Å². The van der Waals surface area contributed by atoms with Gasteiger partial charge in [-0.3, -0.25) is 24.1 Å². The van der Waals surface area contributed by atoms with Gasteiger partial charge in [0.05, 0.1) is 58.5 Å². The van der Waals surface area contributed by atoms with Gasteiger partial charge in [-0.25, -0.2) is 0 Å². The van der Waals surface area contributed by atoms with Crippen molar-refractivity contribution in [3.8, 4) is 0 Å². The Morgan fingerprint density at radius 2 is 1.61 bits per heavy atom. The van der Waals surface area contributed by atoms with E-state index in [9.17, 15) is 29.4 Å². The molecule has 2 aliphatic heterocycles. The molecule has 202 valence electrons. The SMILES string of the molecule is CCC1(C(=O)O)CC(C)(C(=O)O)C(C)N(c2ccccc2Cl)C1COCCN1C(=O)c2ccccc2C1=O. The topological polar surface area (TPSA) is 124 Å². The molecule has 2 amide bonds. The molecule has 1 fully saturated rings. The van der Waals surface area contributed by atoms with Gasteiger partial charge in [-0.05, 0) is 51.0 Å². The quantitative estimate of drug-likeness (QED) is 0.357. The van der Waals surface area contributed by atoms with E-state index in [1.165, 1.54) is 0 Å². The van der Waals surface area contributed by atoms with Gasteiger partial charge < -0.3 is 19.8 Å². The Morgan fingerprint density at radius 3 is 2.13 bits per heavy atom. The number of benzene rings is 2. The number of carbonyl (C=O) groups excluding carboxylic acids is 2. The van der Waals surface area contributed by atoms with Crippen LogP contribution in [0.4, 0.5) is 5.69 Å². The number of imide groups is 1. The number of anilines is 1. The number of para-hydroxylation sites is 1. The summed E-state index contributed by atoms with van der Waals surface area (Å²) >= 11 is 6.54. The first kappa shape index (κ1) is 27.6. The molecule has 4 rings (SSSR count). The molecule has 0 bridgehead atoms. The summed E-state index contributed by atoms with van der Waals surface area (Å²) in [4.78, 5) is 53.6. The summed E-state index contributed by atoms with van der Waals surface area (Å²) in [7, 11) is 0. The monoisotopic (exact) mass is 542 g/mol. The summed E-state index contributed by atoms with van der Waals surface area (Å²) in [6.07, 6.45) is 0.0566. The number of aliphatic carboxylic acids is 2. The Balaban J connectivity index is 1.63. The second kappa shape index (κ2) is 10.4. The minimum absolute atomic E-state index is 0.000247. The van der Waals surface area contributed by atoms with Crippen molar-refractivity contribution in [3.05, 3.63) is 64.7 Å². The first-order chi connectivity index (χ1) is 18.0. The lowest BCUT2D eigenvalue weighted by molar-refractivity contribution is -0.166. The number of amides is 2. The molecule has 2 aliphatic rings. The molecule has 0 saturated carbocycles. The van der Waals surface area contributed by atoms with Crippen LogP contribution >= 0.6 is 11.6 Å². The summed E-state index contributed by atoms with van der Waals surface area (Å²) in [5, 5.41) is 21.1. The largest absolute Gasteiger partial charge is 0.481 e. The van der Waals surface area contributed by atoms with Gasteiger partial charge in [-0.15, -0.1) is 0 Å². The van der Waals surface area contributed by atoms with E-state index in [1.807, 2.05) is 0 Å². The van der Waals surface area contributed by atoms with Crippen LogP contribution in [0.3, 0.4) is 0 Å². The van der Waals surface area contributed by atoms with E-state index in [2.05, 4.69) is 0 Å². The van der Waals surface area contributed by atoms with Crippen molar-refractivity contribution >= 4 is 41.0 Å². The van der Waals surface area contributed by atoms with Crippen molar-refractivity contribution in [1.29, 1.82) is 0 Å². The number of fused-ring (bicyclic) bond motifs is 1. The molecule has 0 spiro atoms. The van der Waals surface area contributed by atoms with Gasteiger partial charge in [-0.2, -0.15) is 0 Å². The molecular weight excluding hydrogens is 512 g/mol. The molecule has 1 saturated heterocycles. The summed E-state index contributed by atoms with van der Waals surface area (Å²) in [5.41, 5.74) is -1.65. The van der Waals surface area contributed by atoms with E-state index in [-0.39, 0.29) is 32.6 Å². The molecule has 10 heteroatoms. The van der Waals surface area contributed by atoms with Crippen LogP contribution in [0.15, 0.2) is 48.5 Å². The minimum Gasteiger partial charge on any atom is -0.481 e. The first-order valence-electron chi connectivity index (χ1n) is 12.5. The van der Waals surface area contributed by atoms with Crippen molar-refractivity contribution in [2.75, 3.05) is 24.7 Å². The number of piperidine rings is 1. The van der Waals surface area contributed by atoms with E-state index in [4.69, 9.17) is 16.3 Å². The maximum atomic E-state index is 12.8. The Labute approximate surface area is 225 Å². The van der Waals surface area contributed by atoms with E-state index in [0.717, 1.165) is 4.90 Å². The van der Waals surface area contributed by atoms with Crippen molar-refractivity contribution in [3.63, 3.8) is 0 Å². The van der Waals surface area contributed by atoms with Crippen LogP contribution < -0.4 is 4.90 Å². The molecule has 2 heterocycles. The maximum absolute atomic E-state index is 12.8. The predicted molar refractivity (Wildman–Crippen MR) is 141 cm³/mol. The fourth-order valence-electron chi connectivity index (χ4n) is 5.82. The third-order valence-electron chi connectivity index (χ3n) is 8.28.